The molecule has 8 nitrogen and oxygen atoms in total. The first-order valence-electron chi connectivity index (χ1n) is 8.88. The molecule has 4 N–H and O–H groups in total. The monoisotopic (exact) mass is 410 g/mol. The average Bonchev–Trinajstić information content (AvgIpc) is 3.12. The lowest BCUT2D eigenvalue weighted by Gasteiger charge is -2.46. The molecule has 0 aromatic carbocycles. The molecule has 1 aromatic rings. The molecule has 2 fully saturated rings. The summed E-state index contributed by atoms with van der Waals surface area (Å²) >= 11 is 3.11. The van der Waals surface area contributed by atoms with E-state index in [1.54, 1.807) is 30.0 Å². The zero-order valence-corrected chi connectivity index (χ0v) is 16.7. The van der Waals surface area contributed by atoms with Crippen LogP contribution in [0.3, 0.4) is 0 Å². The Hall–Kier alpha value is -1.62. The van der Waals surface area contributed by atoms with Crippen LogP contribution < -0.4 is 10.6 Å². The summed E-state index contributed by atoms with van der Waals surface area (Å²) in [4.78, 5) is 32.9. The van der Waals surface area contributed by atoms with Crippen molar-refractivity contribution >= 4 is 40.1 Å². The largest absolute Gasteiger partial charge is 0.477 e. The van der Waals surface area contributed by atoms with Crippen molar-refractivity contribution in [3.8, 4) is 0 Å². The summed E-state index contributed by atoms with van der Waals surface area (Å²) in [6.45, 7) is 5.52. The Kier molecular flexibility index (Phi) is 4.69. The number of hydrogen-bond donors (Lipinski definition) is 3. The molecule has 1 aromatic heterocycles. The Morgan fingerprint density at radius 3 is 2.78 bits per heavy atom. The Bertz CT molecular complexity index is 818. The highest BCUT2D eigenvalue weighted by Crippen LogP contribution is 2.52. The second-order valence-corrected chi connectivity index (χ2v) is 9.42. The molecule has 0 aliphatic carbocycles. The maximum atomic E-state index is 12.4. The van der Waals surface area contributed by atoms with Gasteiger partial charge in [0, 0.05) is 41.1 Å². The van der Waals surface area contributed by atoms with Crippen molar-refractivity contribution in [3.63, 3.8) is 0 Å². The molecule has 0 unspecified atom stereocenters. The number of aliphatic hydroxyl groups excluding tert-OH is 1. The van der Waals surface area contributed by atoms with Crippen LogP contribution in [-0.4, -0.2) is 62.5 Å². The molecule has 4 rings (SSSR count). The second-order valence-electron chi connectivity index (χ2n) is 7.24. The van der Waals surface area contributed by atoms with Gasteiger partial charge >= 0.3 is 5.97 Å². The van der Waals surface area contributed by atoms with Crippen LogP contribution in [0.15, 0.2) is 16.0 Å². The first-order chi connectivity index (χ1) is 12.8. The highest BCUT2D eigenvalue weighted by molar-refractivity contribution is 8.03. The third-order valence-corrected chi connectivity index (χ3v) is 7.87. The maximum absolute atomic E-state index is 12.4. The van der Waals surface area contributed by atoms with Gasteiger partial charge in [-0.1, -0.05) is 6.92 Å². The van der Waals surface area contributed by atoms with Crippen LogP contribution in [0.2, 0.25) is 0 Å². The summed E-state index contributed by atoms with van der Waals surface area (Å²) in [6.07, 6.45) is -0.776. The molecule has 3 aliphatic rings. The van der Waals surface area contributed by atoms with E-state index < -0.39 is 18.0 Å². The molecular formula is C17H22N4O4S2. The summed E-state index contributed by atoms with van der Waals surface area (Å²) in [5.41, 5.74) is 6.57. The molecule has 146 valence electrons. The average molecular weight is 411 g/mol. The molecule has 4 heterocycles. The van der Waals surface area contributed by atoms with Gasteiger partial charge < -0.3 is 25.7 Å². The molecule has 10 heteroatoms. The van der Waals surface area contributed by atoms with Gasteiger partial charge in [-0.15, -0.1) is 23.1 Å². The molecule has 0 saturated carbocycles. The van der Waals surface area contributed by atoms with Crippen molar-refractivity contribution in [2.24, 2.45) is 17.6 Å². The van der Waals surface area contributed by atoms with Gasteiger partial charge in [0.2, 0.25) is 5.91 Å². The van der Waals surface area contributed by atoms with E-state index in [0.29, 0.717) is 6.54 Å². The van der Waals surface area contributed by atoms with Gasteiger partial charge in [0.15, 0.2) is 5.13 Å². The fourth-order valence-electron chi connectivity index (χ4n) is 4.06. The minimum absolute atomic E-state index is 0.0869. The van der Waals surface area contributed by atoms with Crippen LogP contribution in [0.1, 0.15) is 19.5 Å². The van der Waals surface area contributed by atoms with Gasteiger partial charge in [-0.3, -0.25) is 4.79 Å². The molecule has 1 amide bonds. The fourth-order valence-corrected chi connectivity index (χ4v) is 6.44. The normalized spacial score (nSPS) is 28.9. The predicted octanol–water partition coefficient (Wildman–Crippen LogP) is 0.677. The van der Waals surface area contributed by atoms with Crippen molar-refractivity contribution in [3.05, 3.63) is 21.7 Å². The minimum Gasteiger partial charge on any atom is -0.477 e. The van der Waals surface area contributed by atoms with Crippen molar-refractivity contribution in [1.82, 2.24) is 9.88 Å². The van der Waals surface area contributed by atoms with Gasteiger partial charge in [-0.05, 0) is 6.92 Å². The number of β-lactam (4-membered cyclic amide) rings is 1. The number of thioether (sulfide) groups is 1. The van der Waals surface area contributed by atoms with Gasteiger partial charge in [0.25, 0.3) is 0 Å². The van der Waals surface area contributed by atoms with Crippen molar-refractivity contribution in [1.29, 1.82) is 0 Å². The number of nitrogens with zero attached hydrogens (tertiary/aromatic N) is 3. The summed E-state index contributed by atoms with van der Waals surface area (Å²) < 4.78 is 0. The number of carboxylic acid groups (broad SMARTS) is 1. The van der Waals surface area contributed by atoms with E-state index in [1.807, 2.05) is 12.3 Å². The molecule has 4 atom stereocenters. The Morgan fingerprint density at radius 2 is 2.22 bits per heavy atom. The topological polar surface area (TPSA) is 120 Å². The minimum atomic E-state index is -1.08. The van der Waals surface area contributed by atoms with Crippen LogP contribution in [0.4, 0.5) is 5.13 Å². The Morgan fingerprint density at radius 1 is 1.52 bits per heavy atom. The van der Waals surface area contributed by atoms with Crippen LogP contribution in [0.25, 0.3) is 0 Å². The summed E-state index contributed by atoms with van der Waals surface area (Å²) in [6, 6.07) is -0.256. The zero-order valence-electron chi connectivity index (χ0n) is 15.0. The van der Waals surface area contributed by atoms with Crippen molar-refractivity contribution in [2.75, 3.05) is 18.0 Å². The van der Waals surface area contributed by atoms with Crippen LogP contribution in [0, 0.1) is 11.8 Å². The first-order valence-corrected chi connectivity index (χ1v) is 10.6. The van der Waals surface area contributed by atoms with E-state index in [4.69, 9.17) is 5.73 Å². The highest BCUT2D eigenvalue weighted by atomic mass is 32.2. The van der Waals surface area contributed by atoms with Crippen molar-refractivity contribution in [2.45, 2.75) is 37.8 Å². The number of anilines is 1. The lowest BCUT2D eigenvalue weighted by Crippen LogP contribution is -2.63. The number of aliphatic carboxylic acids is 1. The molecule has 0 bridgehead atoms. The fraction of sp³-hybridized carbons (Fsp3) is 0.588. The highest BCUT2D eigenvalue weighted by Gasteiger charge is 2.60. The van der Waals surface area contributed by atoms with Gasteiger partial charge in [-0.25, -0.2) is 9.78 Å². The molecule has 0 spiro atoms. The Labute approximate surface area is 165 Å². The number of hydrogen-bond acceptors (Lipinski definition) is 8. The number of aliphatic hydroxyl groups is 1. The maximum Gasteiger partial charge on any atom is 0.353 e. The van der Waals surface area contributed by atoms with E-state index >= 15 is 0 Å². The summed E-state index contributed by atoms with van der Waals surface area (Å²) in [5.74, 6) is -1.97. The predicted molar refractivity (Wildman–Crippen MR) is 103 cm³/mol. The smallest absolute Gasteiger partial charge is 0.353 e. The quantitative estimate of drug-likeness (QED) is 0.586. The molecular weight excluding hydrogens is 388 g/mol. The number of fused-ring (bicyclic) bond motifs is 1. The molecule has 0 radical (unpaired) electrons. The summed E-state index contributed by atoms with van der Waals surface area (Å²) in [5, 5.41) is 22.7. The molecule has 27 heavy (non-hydrogen) atoms. The second kappa shape index (κ2) is 6.77. The number of amides is 1. The van der Waals surface area contributed by atoms with E-state index in [-0.39, 0.29) is 28.8 Å². The van der Waals surface area contributed by atoms with Crippen molar-refractivity contribution < 1.29 is 19.8 Å². The lowest BCUT2D eigenvalue weighted by molar-refractivity contribution is -0.163. The van der Waals surface area contributed by atoms with Gasteiger partial charge in [0.1, 0.15) is 5.70 Å². The number of carboxylic acids is 1. The standard InChI is InChI=1S/C17H22N4O4S2/c1-7-12-11(8(2)22)15(23)21(12)13(16(24)25)14(7)27-10-4-20(5-10)17-19-9(3-18)6-26-17/h6-8,10-12,22H,3-5,18H2,1-2H3,(H,24,25)/t7-,8-,11-,12-/m1/s1. The van der Waals surface area contributed by atoms with Crippen LogP contribution in [0.5, 0.6) is 0 Å². The first kappa shape index (κ1) is 18.7. The van der Waals surface area contributed by atoms with Crippen LogP contribution in [-0.2, 0) is 16.1 Å². The van der Waals surface area contributed by atoms with E-state index in [1.165, 1.54) is 4.90 Å². The van der Waals surface area contributed by atoms with Gasteiger partial charge in [-0.2, -0.15) is 0 Å². The molecule has 3 aliphatic heterocycles. The number of carbonyl (C=O) groups excluding carboxylic acids is 1. The molecule has 2 saturated heterocycles. The number of nitrogens with two attached hydrogens (primary N) is 1. The number of carbonyl (C=O) groups is 2. The Balaban J connectivity index is 1.47. The summed E-state index contributed by atoms with van der Waals surface area (Å²) in [7, 11) is 0. The number of rotatable bonds is 6. The third-order valence-electron chi connectivity index (χ3n) is 5.47. The van der Waals surface area contributed by atoms with Crippen LogP contribution >= 0.6 is 23.1 Å². The third kappa shape index (κ3) is 2.86. The van der Waals surface area contributed by atoms with E-state index in [9.17, 15) is 19.8 Å². The SMILES string of the molecule is C[C@@H](O)[C@H]1C(=O)N2C(C(=O)O)=C(SC3CN(c4nc(CN)cs4)C3)[C@H](C)[C@H]12. The number of thiazole rings is 1. The van der Waals surface area contributed by atoms with Gasteiger partial charge in [0.05, 0.1) is 23.8 Å². The zero-order chi connectivity index (χ0) is 19.5. The van der Waals surface area contributed by atoms with E-state index in [0.717, 1.165) is 28.8 Å². The number of aromatic nitrogens is 1. The van der Waals surface area contributed by atoms with E-state index in [2.05, 4.69) is 9.88 Å². The lowest BCUT2D eigenvalue weighted by atomic mass is 9.79.